The number of primary amides is 1. The summed E-state index contributed by atoms with van der Waals surface area (Å²) in [6, 6.07) is 32.2. The number of carboxylic acid groups (broad SMARTS) is 2. The Morgan fingerprint density at radius 2 is 0.986 bits per heavy atom. The van der Waals surface area contributed by atoms with Gasteiger partial charge in [0, 0.05) is 57.3 Å². The first kappa shape index (κ1) is 54.9. The number of carbonyl (C=O) groups excluding carboxylic acids is 3. The molecule has 0 aliphatic rings. The van der Waals surface area contributed by atoms with E-state index in [4.69, 9.17) is 36.1 Å². The number of aliphatic carboxylic acids is 2. The third kappa shape index (κ3) is 15.4. The topological polar surface area (TPSA) is 233 Å². The second kappa shape index (κ2) is 25.6. The molecule has 7 rings (SSSR count). The molecule has 2 unspecified atom stereocenters. The normalized spacial score (nSPS) is 11.5. The van der Waals surface area contributed by atoms with Crippen molar-refractivity contribution in [2.45, 2.75) is 85.4 Å². The molecular weight excluding hydrogens is 891 g/mol. The van der Waals surface area contributed by atoms with Gasteiger partial charge in [0.15, 0.2) is 12.2 Å². The summed E-state index contributed by atoms with van der Waals surface area (Å²) in [4.78, 5) is 67.7. The molecule has 7 aromatic rings. The van der Waals surface area contributed by atoms with Crippen LogP contribution in [0, 0.1) is 27.7 Å². The van der Waals surface area contributed by atoms with Crippen LogP contribution in [0.3, 0.4) is 0 Å². The van der Waals surface area contributed by atoms with E-state index in [1.807, 2.05) is 77.5 Å². The molecule has 70 heavy (non-hydrogen) atoms. The van der Waals surface area contributed by atoms with E-state index in [-0.39, 0.29) is 17.7 Å². The van der Waals surface area contributed by atoms with Gasteiger partial charge in [-0.3, -0.25) is 14.4 Å². The smallest absolute Gasteiger partial charge is 0.335 e. The van der Waals surface area contributed by atoms with Crippen LogP contribution in [-0.4, -0.2) is 119 Å². The fourth-order valence-corrected chi connectivity index (χ4v) is 6.95. The van der Waals surface area contributed by atoms with Gasteiger partial charge in [-0.05, 0) is 81.5 Å². The van der Waals surface area contributed by atoms with E-state index < -0.39 is 24.1 Å². The van der Waals surface area contributed by atoms with Gasteiger partial charge in [-0.15, -0.1) is 0 Å². The maximum Gasteiger partial charge on any atom is 0.335 e. The lowest BCUT2D eigenvalue weighted by atomic mass is 10.0. The largest absolute Gasteiger partial charge is 0.479 e. The number of aliphatic hydroxyl groups is 2. The highest BCUT2D eigenvalue weighted by atomic mass is 16.4. The number of aryl methyl sites for hydroxylation is 5. The number of aliphatic hydroxyl groups excluding tert-OH is 2. The molecule has 0 spiro atoms. The highest BCUT2D eigenvalue weighted by Crippen LogP contribution is 2.28. The van der Waals surface area contributed by atoms with Crippen molar-refractivity contribution in [3.8, 4) is 22.5 Å². The maximum absolute atomic E-state index is 12.3. The number of aromatic nitrogens is 4. The van der Waals surface area contributed by atoms with Crippen LogP contribution in [0.15, 0.2) is 109 Å². The minimum absolute atomic E-state index is 0.0710. The number of unbranched alkanes of at least 4 members (excludes halogenated alkanes) is 2. The molecule has 370 valence electrons. The van der Waals surface area contributed by atoms with Crippen molar-refractivity contribution in [2.24, 2.45) is 5.73 Å². The first-order valence-electron chi connectivity index (χ1n) is 22.8. The molecule has 16 nitrogen and oxygen atoms in total. The molecule has 0 fully saturated rings. The van der Waals surface area contributed by atoms with Crippen LogP contribution in [0.4, 0.5) is 0 Å². The van der Waals surface area contributed by atoms with Gasteiger partial charge in [-0.2, -0.15) is 0 Å². The molecule has 4 heterocycles. The number of imidazole rings is 2. The van der Waals surface area contributed by atoms with Crippen molar-refractivity contribution in [2.75, 3.05) is 28.2 Å². The number of carbonyl (C=O) groups is 5. The first-order chi connectivity index (χ1) is 33.1. The Morgan fingerprint density at radius 3 is 1.34 bits per heavy atom. The van der Waals surface area contributed by atoms with Crippen molar-refractivity contribution in [1.29, 1.82) is 0 Å². The summed E-state index contributed by atoms with van der Waals surface area (Å²) in [6.45, 7) is 10.4. The quantitative estimate of drug-likeness (QED) is 0.0704. The Labute approximate surface area is 408 Å². The second-order valence-corrected chi connectivity index (χ2v) is 17.4. The summed E-state index contributed by atoms with van der Waals surface area (Å²) in [5, 5.41) is 32.5. The molecule has 0 bridgehead atoms. The summed E-state index contributed by atoms with van der Waals surface area (Å²) in [5.41, 5.74) is 19.2. The number of rotatable bonds is 14. The average molecular weight is 956 g/mol. The third-order valence-corrected chi connectivity index (χ3v) is 11.1. The zero-order chi connectivity index (χ0) is 51.8. The van der Waals surface area contributed by atoms with Gasteiger partial charge in [-0.25, -0.2) is 19.6 Å². The van der Waals surface area contributed by atoms with Crippen LogP contribution in [0.25, 0.3) is 33.8 Å². The Bertz CT molecular complexity index is 2740. The van der Waals surface area contributed by atoms with E-state index in [2.05, 4.69) is 69.3 Å². The molecular formula is C54H65N7O9. The van der Waals surface area contributed by atoms with E-state index in [1.54, 1.807) is 44.1 Å². The molecule has 6 N–H and O–H groups in total. The van der Waals surface area contributed by atoms with Crippen LogP contribution >= 0.6 is 0 Å². The Balaban J connectivity index is 0.000000214. The number of carboxylic acids is 2. The summed E-state index contributed by atoms with van der Waals surface area (Å²) in [6.07, 6.45) is 4.89. The Kier molecular flexibility index (Phi) is 20.1. The number of nitrogens with zero attached hydrogens (tertiary/aromatic N) is 6. The van der Waals surface area contributed by atoms with Gasteiger partial charge in [0.05, 0.1) is 35.6 Å². The first-order valence-corrected chi connectivity index (χ1v) is 22.8. The molecule has 0 saturated heterocycles. The maximum atomic E-state index is 12.3. The lowest BCUT2D eigenvalue weighted by Crippen LogP contribution is -2.39. The fourth-order valence-electron chi connectivity index (χ4n) is 6.95. The Morgan fingerprint density at radius 1 is 0.586 bits per heavy atom. The van der Waals surface area contributed by atoms with Crippen molar-refractivity contribution >= 4 is 41.0 Å². The number of benzene rings is 3. The lowest BCUT2D eigenvalue weighted by Gasteiger charge is -2.11. The standard InChI is InChI=1S/2C19H21N3O.C12H17NO.C4H6O6/c2*1-13-5-8-15(9-6-13)19-16(11-18(23)21(3)4)22-12-14(2)7-10-17(22)20-19;1-2-3-4-6-10-7-5-8-11(9-10)12(13)14;5-1(3(7)8)2(6)4(9)10/h2*5-10,12H,11H2,1-4H3;5,7-9H,2-4,6H2,1H3,(H2,13,14);1-2,5-6H,(H,7,8)(H,9,10). The molecule has 0 aliphatic heterocycles. The van der Waals surface area contributed by atoms with E-state index in [0.29, 0.717) is 18.4 Å². The number of hydrogen-bond acceptors (Lipinski definition) is 9. The van der Waals surface area contributed by atoms with Crippen LogP contribution < -0.4 is 5.73 Å². The highest BCUT2D eigenvalue weighted by Gasteiger charge is 2.29. The van der Waals surface area contributed by atoms with Crippen molar-refractivity contribution in [3.63, 3.8) is 0 Å². The fraction of sp³-hybridized carbons (Fsp3) is 0.315. The third-order valence-electron chi connectivity index (χ3n) is 11.1. The Hall–Kier alpha value is -7.69. The SMILES string of the molecule is CCCCCc1cccc(C(N)=O)c1.Cc1ccc(-c2nc3ccc(C)cn3c2CC(=O)N(C)C)cc1.Cc1ccc(-c2nc3ccc(C)cn3c2CC(=O)N(C)C)cc1.O=C(O)C(O)C(O)C(=O)O. The van der Waals surface area contributed by atoms with Crippen LogP contribution in [-0.2, 0) is 38.4 Å². The number of pyridine rings is 2. The van der Waals surface area contributed by atoms with E-state index in [0.717, 1.165) is 62.7 Å². The molecule has 0 radical (unpaired) electrons. The van der Waals surface area contributed by atoms with Crippen molar-refractivity contribution in [1.82, 2.24) is 28.6 Å². The predicted molar refractivity (Wildman–Crippen MR) is 270 cm³/mol. The molecule has 0 saturated carbocycles. The molecule has 16 heteroatoms. The zero-order valence-corrected chi connectivity index (χ0v) is 41.4. The number of fused-ring (bicyclic) bond motifs is 2. The second-order valence-electron chi connectivity index (χ2n) is 17.4. The average Bonchev–Trinajstić information content (AvgIpc) is 3.86. The highest BCUT2D eigenvalue weighted by molar-refractivity contribution is 5.93. The predicted octanol–water partition coefficient (Wildman–Crippen LogP) is 6.89. The monoisotopic (exact) mass is 955 g/mol. The van der Waals surface area contributed by atoms with Gasteiger partial charge in [-0.1, -0.05) is 104 Å². The number of nitrogens with two attached hydrogens (primary N) is 1. The van der Waals surface area contributed by atoms with E-state index in [9.17, 15) is 24.0 Å². The van der Waals surface area contributed by atoms with Crippen molar-refractivity contribution in [3.05, 3.63) is 154 Å². The summed E-state index contributed by atoms with van der Waals surface area (Å²) >= 11 is 0. The molecule has 3 amide bonds. The molecule has 3 aromatic carbocycles. The number of likely N-dealkylation sites (N-methyl/N-ethyl adjacent to an activating group) is 2. The van der Waals surface area contributed by atoms with Gasteiger partial charge >= 0.3 is 11.9 Å². The van der Waals surface area contributed by atoms with Crippen molar-refractivity contribution < 1.29 is 44.4 Å². The van der Waals surface area contributed by atoms with Crippen LogP contribution in [0.1, 0.15) is 75.7 Å². The molecule has 4 aromatic heterocycles. The number of amides is 3. The van der Waals surface area contributed by atoms with Gasteiger partial charge < -0.3 is 44.8 Å². The zero-order valence-electron chi connectivity index (χ0n) is 41.4. The van der Waals surface area contributed by atoms with Gasteiger partial charge in [0.1, 0.15) is 11.3 Å². The summed E-state index contributed by atoms with van der Waals surface area (Å²) in [5.74, 6) is -3.74. The van der Waals surface area contributed by atoms with E-state index in [1.165, 1.54) is 36.0 Å². The van der Waals surface area contributed by atoms with E-state index >= 15 is 0 Å². The van der Waals surface area contributed by atoms with Gasteiger partial charge in [0.2, 0.25) is 17.7 Å². The number of hydrogen-bond donors (Lipinski definition) is 5. The van der Waals surface area contributed by atoms with Crippen LogP contribution in [0.5, 0.6) is 0 Å². The summed E-state index contributed by atoms with van der Waals surface area (Å²) < 4.78 is 4.07. The minimum atomic E-state index is -2.27. The van der Waals surface area contributed by atoms with Crippen LogP contribution in [0.2, 0.25) is 0 Å². The molecule has 2 atom stereocenters. The summed E-state index contributed by atoms with van der Waals surface area (Å²) in [7, 11) is 7.12. The lowest BCUT2D eigenvalue weighted by molar-refractivity contribution is -0.165. The minimum Gasteiger partial charge on any atom is -0.479 e. The molecule has 0 aliphatic carbocycles. The van der Waals surface area contributed by atoms with Gasteiger partial charge in [0.25, 0.3) is 0 Å².